The maximum Gasteiger partial charge on any atom is 0.119 e. The first kappa shape index (κ1) is 14.8. The number of nitrogens with two attached hydrogens (primary N) is 1. The highest BCUT2D eigenvalue weighted by Gasteiger charge is 2.22. The molecular weight excluding hydrogens is 308 g/mol. The molecule has 0 spiro atoms. The van der Waals surface area contributed by atoms with Crippen molar-refractivity contribution >= 4 is 15.9 Å². The molecule has 106 valence electrons. The summed E-state index contributed by atoms with van der Waals surface area (Å²) in [6.45, 7) is 6.18. The molecule has 1 aromatic carbocycles. The standard InChI is InChI=1S/C14H21BrN2O2/c1-11(16)14-10-17(7-9-19-14)6-8-18-13-4-2-12(15)3-5-13/h2-5,11,14H,6-10,16H2,1H3. The number of hydrogen-bond acceptors (Lipinski definition) is 4. The summed E-state index contributed by atoms with van der Waals surface area (Å²) in [6, 6.07) is 7.98. The Bertz CT molecular complexity index is 384. The molecule has 2 rings (SSSR count). The minimum absolute atomic E-state index is 0.0789. The second-order valence-electron chi connectivity index (χ2n) is 4.87. The first-order valence-electron chi connectivity index (χ1n) is 6.63. The monoisotopic (exact) mass is 328 g/mol. The molecule has 1 aliphatic heterocycles. The van der Waals surface area contributed by atoms with E-state index in [1.165, 1.54) is 0 Å². The smallest absolute Gasteiger partial charge is 0.119 e. The quantitative estimate of drug-likeness (QED) is 0.896. The molecule has 0 bridgehead atoms. The Morgan fingerprint density at radius 2 is 2.21 bits per heavy atom. The first-order chi connectivity index (χ1) is 9.15. The Labute approximate surface area is 123 Å². The van der Waals surface area contributed by atoms with Crippen molar-refractivity contribution in [3.63, 3.8) is 0 Å². The van der Waals surface area contributed by atoms with Crippen LogP contribution in [-0.2, 0) is 4.74 Å². The van der Waals surface area contributed by atoms with Crippen molar-refractivity contribution in [2.75, 3.05) is 32.8 Å². The normalized spacial score (nSPS) is 22.2. The highest BCUT2D eigenvalue weighted by molar-refractivity contribution is 9.10. The van der Waals surface area contributed by atoms with Crippen molar-refractivity contribution in [2.45, 2.75) is 19.1 Å². The molecule has 4 nitrogen and oxygen atoms in total. The highest BCUT2D eigenvalue weighted by atomic mass is 79.9. The van der Waals surface area contributed by atoms with Gasteiger partial charge in [0.25, 0.3) is 0 Å². The van der Waals surface area contributed by atoms with Crippen molar-refractivity contribution < 1.29 is 9.47 Å². The van der Waals surface area contributed by atoms with Crippen LogP contribution in [0.3, 0.4) is 0 Å². The van der Waals surface area contributed by atoms with Crippen molar-refractivity contribution in [1.82, 2.24) is 4.90 Å². The van der Waals surface area contributed by atoms with E-state index in [0.29, 0.717) is 6.61 Å². The molecule has 1 aromatic rings. The maximum atomic E-state index is 5.88. The number of rotatable bonds is 5. The van der Waals surface area contributed by atoms with Gasteiger partial charge in [-0.2, -0.15) is 0 Å². The zero-order valence-corrected chi connectivity index (χ0v) is 12.8. The predicted molar refractivity (Wildman–Crippen MR) is 79.5 cm³/mol. The van der Waals surface area contributed by atoms with Crippen LogP contribution in [0.15, 0.2) is 28.7 Å². The fraction of sp³-hybridized carbons (Fsp3) is 0.571. The second-order valence-corrected chi connectivity index (χ2v) is 5.79. The van der Waals surface area contributed by atoms with Gasteiger partial charge < -0.3 is 15.2 Å². The lowest BCUT2D eigenvalue weighted by atomic mass is 10.1. The molecule has 0 saturated carbocycles. The van der Waals surface area contributed by atoms with Crippen LogP contribution in [0.4, 0.5) is 0 Å². The molecule has 0 radical (unpaired) electrons. The Balaban J connectivity index is 1.72. The van der Waals surface area contributed by atoms with Gasteiger partial charge in [0.15, 0.2) is 0 Å². The van der Waals surface area contributed by atoms with E-state index >= 15 is 0 Å². The summed E-state index contributed by atoms with van der Waals surface area (Å²) in [5.41, 5.74) is 5.88. The summed E-state index contributed by atoms with van der Waals surface area (Å²) in [6.07, 6.45) is 0.140. The van der Waals surface area contributed by atoms with Gasteiger partial charge in [0.05, 0.1) is 12.7 Å². The lowest BCUT2D eigenvalue weighted by Gasteiger charge is -2.34. The van der Waals surface area contributed by atoms with E-state index in [4.69, 9.17) is 15.2 Å². The van der Waals surface area contributed by atoms with E-state index in [1.807, 2.05) is 31.2 Å². The minimum Gasteiger partial charge on any atom is -0.492 e. The summed E-state index contributed by atoms with van der Waals surface area (Å²) in [5.74, 6) is 0.903. The first-order valence-corrected chi connectivity index (χ1v) is 7.42. The third-order valence-electron chi connectivity index (χ3n) is 3.25. The van der Waals surface area contributed by atoms with Gasteiger partial charge in [-0.3, -0.25) is 4.90 Å². The summed E-state index contributed by atoms with van der Waals surface area (Å²) < 4.78 is 12.4. The molecule has 1 aliphatic rings. The van der Waals surface area contributed by atoms with Gasteiger partial charge in [-0.05, 0) is 31.2 Å². The van der Waals surface area contributed by atoms with Crippen molar-refractivity contribution in [3.05, 3.63) is 28.7 Å². The number of ether oxygens (including phenoxy) is 2. The summed E-state index contributed by atoms with van der Waals surface area (Å²) >= 11 is 3.41. The summed E-state index contributed by atoms with van der Waals surface area (Å²) in [5, 5.41) is 0. The van der Waals surface area contributed by atoms with Gasteiger partial charge in [0.2, 0.25) is 0 Å². The van der Waals surface area contributed by atoms with Crippen LogP contribution >= 0.6 is 15.9 Å². The summed E-state index contributed by atoms with van der Waals surface area (Å²) in [4.78, 5) is 2.34. The van der Waals surface area contributed by atoms with Crippen molar-refractivity contribution in [1.29, 1.82) is 0 Å². The molecule has 0 aliphatic carbocycles. The van der Waals surface area contributed by atoms with Crippen LogP contribution in [0, 0.1) is 0 Å². The zero-order chi connectivity index (χ0) is 13.7. The van der Waals surface area contributed by atoms with Crippen LogP contribution in [0.2, 0.25) is 0 Å². The zero-order valence-electron chi connectivity index (χ0n) is 11.2. The molecule has 0 amide bonds. The van der Waals surface area contributed by atoms with Gasteiger partial charge >= 0.3 is 0 Å². The van der Waals surface area contributed by atoms with E-state index < -0.39 is 0 Å². The highest BCUT2D eigenvalue weighted by Crippen LogP contribution is 2.16. The Morgan fingerprint density at radius 3 is 2.89 bits per heavy atom. The van der Waals surface area contributed by atoms with E-state index in [0.717, 1.165) is 36.5 Å². The van der Waals surface area contributed by atoms with Gasteiger partial charge in [-0.15, -0.1) is 0 Å². The molecule has 2 unspecified atom stereocenters. The van der Waals surface area contributed by atoms with Crippen LogP contribution in [0.1, 0.15) is 6.92 Å². The third-order valence-corrected chi connectivity index (χ3v) is 3.78. The van der Waals surface area contributed by atoms with E-state index in [1.54, 1.807) is 0 Å². The fourth-order valence-corrected chi connectivity index (χ4v) is 2.34. The lowest BCUT2D eigenvalue weighted by molar-refractivity contribution is -0.0402. The Morgan fingerprint density at radius 1 is 1.47 bits per heavy atom. The van der Waals surface area contributed by atoms with Gasteiger partial charge in [0.1, 0.15) is 12.4 Å². The third kappa shape index (κ3) is 4.76. The van der Waals surface area contributed by atoms with E-state index in [-0.39, 0.29) is 12.1 Å². The molecule has 1 saturated heterocycles. The number of benzene rings is 1. The van der Waals surface area contributed by atoms with Gasteiger partial charge in [0, 0.05) is 30.1 Å². The lowest BCUT2D eigenvalue weighted by Crippen LogP contribution is -2.50. The molecule has 1 fully saturated rings. The minimum atomic E-state index is 0.0789. The molecule has 19 heavy (non-hydrogen) atoms. The average molecular weight is 329 g/mol. The van der Waals surface area contributed by atoms with Crippen LogP contribution in [-0.4, -0.2) is 49.9 Å². The van der Waals surface area contributed by atoms with Gasteiger partial charge in [-0.25, -0.2) is 0 Å². The second kappa shape index (κ2) is 7.24. The summed E-state index contributed by atoms with van der Waals surface area (Å²) in [7, 11) is 0. The predicted octanol–water partition coefficient (Wildman–Crippen LogP) is 1.88. The molecule has 2 atom stereocenters. The number of morpholine rings is 1. The largest absolute Gasteiger partial charge is 0.492 e. The van der Waals surface area contributed by atoms with E-state index in [9.17, 15) is 0 Å². The van der Waals surface area contributed by atoms with Crippen LogP contribution in [0.5, 0.6) is 5.75 Å². The van der Waals surface area contributed by atoms with Crippen LogP contribution in [0.25, 0.3) is 0 Å². The van der Waals surface area contributed by atoms with Crippen molar-refractivity contribution in [2.24, 2.45) is 5.73 Å². The molecule has 2 N–H and O–H groups in total. The van der Waals surface area contributed by atoms with Crippen LogP contribution < -0.4 is 10.5 Å². The maximum absolute atomic E-state index is 5.88. The Kier molecular flexibility index (Phi) is 5.63. The number of hydrogen-bond donors (Lipinski definition) is 1. The topological polar surface area (TPSA) is 47.7 Å². The number of halogens is 1. The Hall–Kier alpha value is -0.620. The number of nitrogens with zero attached hydrogens (tertiary/aromatic N) is 1. The van der Waals surface area contributed by atoms with E-state index in [2.05, 4.69) is 20.8 Å². The fourth-order valence-electron chi connectivity index (χ4n) is 2.08. The SMILES string of the molecule is CC(N)C1CN(CCOc2ccc(Br)cc2)CCO1. The average Bonchev–Trinajstić information content (AvgIpc) is 2.41. The van der Waals surface area contributed by atoms with Gasteiger partial charge in [-0.1, -0.05) is 15.9 Å². The molecule has 0 aromatic heterocycles. The molecular formula is C14H21BrN2O2. The molecule has 1 heterocycles. The van der Waals surface area contributed by atoms with Crippen molar-refractivity contribution in [3.8, 4) is 5.75 Å². The molecule has 5 heteroatoms.